The smallest absolute Gasteiger partial charge is 0.123 e. The zero-order valence-electron chi connectivity index (χ0n) is 12.1. The highest BCUT2D eigenvalue weighted by Crippen LogP contribution is 2.29. The van der Waals surface area contributed by atoms with Gasteiger partial charge in [-0.05, 0) is 49.7 Å². The Bertz CT molecular complexity index is 575. The molecule has 2 rings (SSSR count). The molecule has 0 fully saturated rings. The van der Waals surface area contributed by atoms with Crippen LogP contribution in [0.5, 0.6) is 5.75 Å². The van der Waals surface area contributed by atoms with E-state index in [4.69, 9.17) is 4.74 Å². The van der Waals surface area contributed by atoms with Gasteiger partial charge in [0, 0.05) is 12.1 Å². The number of ether oxygens (including phenoxy) is 1. The number of benzene rings is 2. The van der Waals surface area contributed by atoms with Crippen LogP contribution in [0.3, 0.4) is 0 Å². The third-order valence-corrected chi connectivity index (χ3v) is 3.35. The molecule has 0 atom stereocenters. The van der Waals surface area contributed by atoms with Crippen molar-refractivity contribution in [3.8, 4) is 16.9 Å². The van der Waals surface area contributed by atoms with Crippen molar-refractivity contribution < 1.29 is 4.74 Å². The van der Waals surface area contributed by atoms with Gasteiger partial charge in [-0.25, -0.2) is 0 Å². The Hall–Kier alpha value is -1.80. The highest BCUT2D eigenvalue weighted by atomic mass is 16.5. The number of methoxy groups -OCH3 is 1. The summed E-state index contributed by atoms with van der Waals surface area (Å²) in [6.45, 7) is 5.08. The normalized spacial score (nSPS) is 10.5. The summed E-state index contributed by atoms with van der Waals surface area (Å²) in [5.41, 5.74) is 6.30. The summed E-state index contributed by atoms with van der Waals surface area (Å²) in [5.74, 6) is 0.934. The van der Waals surface area contributed by atoms with E-state index in [1.807, 2.05) is 13.1 Å². The molecule has 0 aliphatic carbocycles. The van der Waals surface area contributed by atoms with Crippen molar-refractivity contribution in [2.45, 2.75) is 20.4 Å². The van der Waals surface area contributed by atoms with Gasteiger partial charge >= 0.3 is 0 Å². The largest absolute Gasteiger partial charge is 0.496 e. The number of aryl methyl sites for hydroxylation is 2. The van der Waals surface area contributed by atoms with Crippen molar-refractivity contribution in [1.82, 2.24) is 5.32 Å². The summed E-state index contributed by atoms with van der Waals surface area (Å²) in [4.78, 5) is 0. The van der Waals surface area contributed by atoms with Crippen molar-refractivity contribution in [3.63, 3.8) is 0 Å². The molecule has 0 unspecified atom stereocenters. The van der Waals surface area contributed by atoms with Gasteiger partial charge in [0.25, 0.3) is 0 Å². The fourth-order valence-electron chi connectivity index (χ4n) is 2.32. The fourth-order valence-corrected chi connectivity index (χ4v) is 2.32. The quantitative estimate of drug-likeness (QED) is 0.899. The topological polar surface area (TPSA) is 21.3 Å². The van der Waals surface area contributed by atoms with Crippen LogP contribution in [0.2, 0.25) is 0 Å². The van der Waals surface area contributed by atoms with Crippen molar-refractivity contribution in [1.29, 1.82) is 0 Å². The van der Waals surface area contributed by atoms with E-state index in [-0.39, 0.29) is 0 Å². The van der Waals surface area contributed by atoms with E-state index >= 15 is 0 Å². The maximum atomic E-state index is 5.40. The molecular weight excluding hydrogens is 234 g/mol. The SMILES string of the molecule is CNCc1cc(-c2cc(C)ccc2C)ccc1OC. The molecule has 0 amide bonds. The van der Waals surface area contributed by atoms with Gasteiger partial charge in [-0.2, -0.15) is 0 Å². The minimum atomic E-state index is 0.807. The van der Waals surface area contributed by atoms with E-state index in [9.17, 15) is 0 Å². The van der Waals surface area contributed by atoms with Crippen LogP contribution in [-0.2, 0) is 6.54 Å². The maximum Gasteiger partial charge on any atom is 0.123 e. The monoisotopic (exact) mass is 255 g/mol. The predicted octanol–water partition coefficient (Wildman–Crippen LogP) is 3.70. The molecule has 19 heavy (non-hydrogen) atoms. The molecule has 0 aromatic heterocycles. The van der Waals surface area contributed by atoms with Crippen LogP contribution < -0.4 is 10.1 Å². The lowest BCUT2D eigenvalue weighted by Crippen LogP contribution is -2.06. The first-order chi connectivity index (χ1) is 9.15. The number of hydrogen-bond donors (Lipinski definition) is 1. The fraction of sp³-hybridized carbons (Fsp3) is 0.294. The molecule has 0 saturated carbocycles. The van der Waals surface area contributed by atoms with E-state index in [0.717, 1.165) is 12.3 Å². The van der Waals surface area contributed by atoms with Gasteiger partial charge in [0.15, 0.2) is 0 Å². The average Bonchev–Trinajstić information content (AvgIpc) is 2.42. The van der Waals surface area contributed by atoms with E-state index in [0.29, 0.717) is 0 Å². The molecule has 0 saturated heterocycles. The van der Waals surface area contributed by atoms with E-state index in [2.05, 4.69) is 49.5 Å². The molecular formula is C17H21NO. The first-order valence-electron chi connectivity index (χ1n) is 6.55. The Morgan fingerprint density at radius 3 is 2.53 bits per heavy atom. The lowest BCUT2D eigenvalue weighted by atomic mass is 9.96. The Kier molecular flexibility index (Phi) is 4.23. The van der Waals surface area contributed by atoms with Crippen molar-refractivity contribution in [2.24, 2.45) is 0 Å². The van der Waals surface area contributed by atoms with Crippen LogP contribution in [0, 0.1) is 13.8 Å². The summed E-state index contributed by atoms with van der Waals surface area (Å²) < 4.78 is 5.40. The van der Waals surface area contributed by atoms with E-state index < -0.39 is 0 Å². The molecule has 100 valence electrons. The zero-order valence-corrected chi connectivity index (χ0v) is 12.1. The predicted molar refractivity (Wildman–Crippen MR) is 80.7 cm³/mol. The number of rotatable bonds is 4. The van der Waals surface area contributed by atoms with Gasteiger partial charge in [0.2, 0.25) is 0 Å². The Morgan fingerprint density at radius 2 is 1.84 bits per heavy atom. The molecule has 0 spiro atoms. The van der Waals surface area contributed by atoms with Gasteiger partial charge in [-0.3, -0.25) is 0 Å². The molecule has 2 aromatic carbocycles. The van der Waals surface area contributed by atoms with Crippen molar-refractivity contribution in [2.75, 3.05) is 14.2 Å². The summed E-state index contributed by atoms with van der Waals surface area (Å²) in [7, 11) is 3.66. The molecule has 1 N–H and O–H groups in total. The Labute approximate surface area is 115 Å². The summed E-state index contributed by atoms with van der Waals surface area (Å²) in [5, 5.41) is 3.18. The first kappa shape index (κ1) is 13.6. The molecule has 2 nitrogen and oxygen atoms in total. The molecule has 0 radical (unpaired) electrons. The minimum absolute atomic E-state index is 0.807. The zero-order chi connectivity index (χ0) is 13.8. The van der Waals surface area contributed by atoms with Gasteiger partial charge < -0.3 is 10.1 Å². The van der Waals surface area contributed by atoms with Crippen LogP contribution in [0.1, 0.15) is 16.7 Å². The van der Waals surface area contributed by atoms with Crippen molar-refractivity contribution in [3.05, 3.63) is 53.1 Å². The second-order valence-electron chi connectivity index (χ2n) is 4.88. The lowest BCUT2D eigenvalue weighted by Gasteiger charge is -2.12. The molecule has 0 heterocycles. The second kappa shape index (κ2) is 5.89. The molecule has 0 aliphatic heterocycles. The second-order valence-corrected chi connectivity index (χ2v) is 4.88. The molecule has 0 aliphatic rings. The van der Waals surface area contributed by atoms with Crippen LogP contribution in [0.15, 0.2) is 36.4 Å². The van der Waals surface area contributed by atoms with Crippen LogP contribution in [0.4, 0.5) is 0 Å². The van der Waals surface area contributed by atoms with Crippen LogP contribution >= 0.6 is 0 Å². The summed E-state index contributed by atoms with van der Waals surface area (Å²) in [6.07, 6.45) is 0. The molecule has 2 aromatic rings. The first-order valence-corrected chi connectivity index (χ1v) is 6.55. The van der Waals surface area contributed by atoms with Gasteiger partial charge in [0.1, 0.15) is 5.75 Å². The van der Waals surface area contributed by atoms with Crippen molar-refractivity contribution >= 4 is 0 Å². The third kappa shape index (κ3) is 2.96. The lowest BCUT2D eigenvalue weighted by molar-refractivity contribution is 0.408. The van der Waals surface area contributed by atoms with Gasteiger partial charge in [0.05, 0.1) is 7.11 Å². The maximum absolute atomic E-state index is 5.40. The Balaban J connectivity index is 2.50. The van der Waals surface area contributed by atoms with E-state index in [1.54, 1.807) is 7.11 Å². The standard InChI is InChI=1S/C17H21NO/c1-12-5-6-13(2)16(9-12)14-7-8-17(19-4)15(10-14)11-18-3/h5-10,18H,11H2,1-4H3. The molecule has 0 bridgehead atoms. The third-order valence-electron chi connectivity index (χ3n) is 3.35. The van der Waals surface area contributed by atoms with Crippen LogP contribution in [-0.4, -0.2) is 14.2 Å². The molecule has 2 heteroatoms. The summed E-state index contributed by atoms with van der Waals surface area (Å²) >= 11 is 0. The van der Waals surface area contributed by atoms with Gasteiger partial charge in [-0.1, -0.05) is 29.8 Å². The highest BCUT2D eigenvalue weighted by molar-refractivity contribution is 5.69. The minimum Gasteiger partial charge on any atom is -0.496 e. The summed E-state index contributed by atoms with van der Waals surface area (Å²) in [6, 6.07) is 12.9. The number of hydrogen-bond acceptors (Lipinski definition) is 2. The van der Waals surface area contributed by atoms with Gasteiger partial charge in [-0.15, -0.1) is 0 Å². The van der Waals surface area contributed by atoms with E-state index in [1.165, 1.54) is 27.8 Å². The highest BCUT2D eigenvalue weighted by Gasteiger charge is 2.07. The van der Waals surface area contributed by atoms with Crippen LogP contribution in [0.25, 0.3) is 11.1 Å². The number of nitrogens with one attached hydrogen (secondary N) is 1. The average molecular weight is 255 g/mol. The Morgan fingerprint density at radius 1 is 1.05 bits per heavy atom.